The number of aromatic nitrogens is 4. The fraction of sp³-hybridized carbons (Fsp3) is 0.150. The third kappa shape index (κ3) is 4.69. The summed E-state index contributed by atoms with van der Waals surface area (Å²) in [5, 5.41) is 7.95. The van der Waals surface area contributed by atoms with Crippen LogP contribution < -0.4 is 10.0 Å². The highest BCUT2D eigenvalue weighted by Crippen LogP contribution is 2.24. The highest BCUT2D eigenvalue weighted by molar-refractivity contribution is 7.92. The standard InChI is InChI=1S/C20H20N6O2S/c1-29(27,28)25-17-6-2-5-16(12-17)18-14-23-20-8-7-19(24-26(18)20)22-11-9-15-4-3-10-21-13-15/h2-8,10,12-14,25H,9,11H2,1H3,(H,22,24). The van der Waals surface area contributed by atoms with Gasteiger partial charge in [-0.15, -0.1) is 5.10 Å². The van der Waals surface area contributed by atoms with Crippen LogP contribution >= 0.6 is 0 Å². The quantitative estimate of drug-likeness (QED) is 0.488. The van der Waals surface area contributed by atoms with Crippen LogP contribution in [0.25, 0.3) is 16.9 Å². The van der Waals surface area contributed by atoms with Gasteiger partial charge in [0.25, 0.3) is 0 Å². The first kappa shape index (κ1) is 18.9. The minimum Gasteiger partial charge on any atom is -0.368 e. The van der Waals surface area contributed by atoms with Crippen LogP contribution in [0.15, 0.2) is 67.1 Å². The Hall–Kier alpha value is -3.46. The van der Waals surface area contributed by atoms with Crippen molar-refractivity contribution in [3.05, 3.63) is 72.7 Å². The normalized spacial score (nSPS) is 11.5. The van der Waals surface area contributed by atoms with Crippen molar-refractivity contribution in [2.45, 2.75) is 6.42 Å². The van der Waals surface area contributed by atoms with E-state index in [9.17, 15) is 8.42 Å². The molecule has 4 aromatic rings. The topological polar surface area (TPSA) is 101 Å². The highest BCUT2D eigenvalue weighted by Gasteiger charge is 2.10. The average molecular weight is 408 g/mol. The molecule has 0 aliphatic rings. The van der Waals surface area contributed by atoms with Crippen LogP contribution in [0.3, 0.4) is 0 Å². The van der Waals surface area contributed by atoms with Crippen molar-refractivity contribution in [2.75, 3.05) is 22.8 Å². The first-order chi connectivity index (χ1) is 14.0. The lowest BCUT2D eigenvalue weighted by Gasteiger charge is -2.08. The number of nitrogens with zero attached hydrogens (tertiary/aromatic N) is 4. The Balaban J connectivity index is 1.56. The molecule has 148 valence electrons. The minimum atomic E-state index is -3.35. The van der Waals surface area contributed by atoms with E-state index in [0.29, 0.717) is 11.3 Å². The number of anilines is 2. The second-order valence-corrected chi connectivity index (χ2v) is 8.37. The molecule has 0 amide bonds. The zero-order valence-electron chi connectivity index (χ0n) is 15.8. The van der Waals surface area contributed by atoms with Gasteiger partial charge in [-0.1, -0.05) is 18.2 Å². The number of benzene rings is 1. The second kappa shape index (κ2) is 7.88. The van der Waals surface area contributed by atoms with Gasteiger partial charge >= 0.3 is 0 Å². The van der Waals surface area contributed by atoms with Gasteiger partial charge in [0.1, 0.15) is 5.82 Å². The Morgan fingerprint density at radius 1 is 1.07 bits per heavy atom. The van der Waals surface area contributed by atoms with Crippen molar-refractivity contribution in [1.82, 2.24) is 19.6 Å². The molecule has 0 spiro atoms. The van der Waals surface area contributed by atoms with E-state index >= 15 is 0 Å². The van der Waals surface area contributed by atoms with Crippen LogP contribution in [0, 0.1) is 0 Å². The molecular formula is C20H20N6O2S. The Kier molecular flexibility index (Phi) is 5.13. The summed E-state index contributed by atoms with van der Waals surface area (Å²) in [7, 11) is -3.35. The van der Waals surface area contributed by atoms with Gasteiger partial charge in [0.2, 0.25) is 10.0 Å². The summed E-state index contributed by atoms with van der Waals surface area (Å²) < 4.78 is 27.2. The smallest absolute Gasteiger partial charge is 0.229 e. The minimum absolute atomic E-state index is 0.491. The predicted octanol–water partition coefficient (Wildman–Crippen LogP) is 2.82. The SMILES string of the molecule is CS(=O)(=O)Nc1cccc(-c2cnc3ccc(NCCc4cccnc4)nn23)c1. The maximum absolute atomic E-state index is 11.5. The molecule has 0 saturated carbocycles. The van der Waals surface area contributed by atoms with Crippen LogP contribution in [0.4, 0.5) is 11.5 Å². The molecule has 0 saturated heterocycles. The van der Waals surface area contributed by atoms with Crippen molar-refractivity contribution in [3.63, 3.8) is 0 Å². The predicted molar refractivity (Wildman–Crippen MR) is 113 cm³/mol. The number of rotatable bonds is 7. The van der Waals surface area contributed by atoms with E-state index in [-0.39, 0.29) is 0 Å². The number of imidazole rings is 1. The molecule has 0 atom stereocenters. The van der Waals surface area contributed by atoms with Crippen molar-refractivity contribution >= 4 is 27.2 Å². The number of hydrogen-bond acceptors (Lipinski definition) is 6. The lowest BCUT2D eigenvalue weighted by molar-refractivity contribution is 0.607. The summed E-state index contributed by atoms with van der Waals surface area (Å²) in [5.41, 5.74) is 3.93. The lowest BCUT2D eigenvalue weighted by Crippen LogP contribution is -2.09. The Morgan fingerprint density at radius 3 is 2.76 bits per heavy atom. The van der Waals surface area contributed by atoms with E-state index in [1.165, 1.54) is 0 Å². The van der Waals surface area contributed by atoms with Gasteiger partial charge in [-0.05, 0) is 42.3 Å². The molecule has 3 aromatic heterocycles. The van der Waals surface area contributed by atoms with E-state index in [1.54, 1.807) is 35.1 Å². The van der Waals surface area contributed by atoms with Gasteiger partial charge in [-0.3, -0.25) is 9.71 Å². The van der Waals surface area contributed by atoms with Gasteiger partial charge in [-0.25, -0.2) is 17.9 Å². The molecule has 3 heterocycles. The number of fused-ring (bicyclic) bond motifs is 1. The van der Waals surface area contributed by atoms with Crippen molar-refractivity contribution in [2.24, 2.45) is 0 Å². The molecular weight excluding hydrogens is 388 g/mol. The maximum Gasteiger partial charge on any atom is 0.229 e. The summed E-state index contributed by atoms with van der Waals surface area (Å²) in [5.74, 6) is 0.728. The summed E-state index contributed by atoms with van der Waals surface area (Å²) in [4.78, 5) is 8.51. The van der Waals surface area contributed by atoms with Gasteiger partial charge in [0, 0.05) is 30.2 Å². The Bertz CT molecular complexity index is 1240. The molecule has 0 unspecified atom stereocenters. The van der Waals surface area contributed by atoms with E-state index in [4.69, 9.17) is 0 Å². The van der Waals surface area contributed by atoms with Gasteiger partial charge in [-0.2, -0.15) is 0 Å². The van der Waals surface area contributed by atoms with Crippen LogP contribution in [0.2, 0.25) is 0 Å². The molecule has 0 bridgehead atoms. The fourth-order valence-corrected chi connectivity index (χ4v) is 3.56. The molecule has 8 nitrogen and oxygen atoms in total. The largest absolute Gasteiger partial charge is 0.368 e. The van der Waals surface area contributed by atoms with E-state index in [0.717, 1.165) is 41.9 Å². The summed E-state index contributed by atoms with van der Waals surface area (Å²) in [6.45, 7) is 0.724. The van der Waals surface area contributed by atoms with E-state index in [1.807, 2.05) is 36.5 Å². The maximum atomic E-state index is 11.5. The van der Waals surface area contributed by atoms with Crippen LogP contribution in [0.1, 0.15) is 5.56 Å². The molecule has 0 radical (unpaired) electrons. The first-order valence-corrected chi connectivity index (χ1v) is 10.9. The van der Waals surface area contributed by atoms with Crippen molar-refractivity contribution in [3.8, 4) is 11.3 Å². The Morgan fingerprint density at radius 2 is 1.97 bits per heavy atom. The lowest BCUT2D eigenvalue weighted by atomic mass is 10.1. The second-order valence-electron chi connectivity index (χ2n) is 6.63. The number of nitrogens with one attached hydrogen (secondary N) is 2. The molecule has 9 heteroatoms. The van der Waals surface area contributed by atoms with Gasteiger partial charge < -0.3 is 5.32 Å². The molecule has 2 N–H and O–H groups in total. The van der Waals surface area contributed by atoms with Crippen LogP contribution in [-0.2, 0) is 16.4 Å². The van der Waals surface area contributed by atoms with Gasteiger partial charge in [0.05, 0.1) is 18.1 Å². The number of pyridine rings is 1. The zero-order chi connectivity index (χ0) is 20.3. The van der Waals surface area contributed by atoms with E-state index < -0.39 is 10.0 Å². The fourth-order valence-electron chi connectivity index (χ4n) is 3.00. The molecule has 29 heavy (non-hydrogen) atoms. The summed E-state index contributed by atoms with van der Waals surface area (Å²) >= 11 is 0. The zero-order valence-corrected chi connectivity index (χ0v) is 16.6. The molecule has 1 aromatic carbocycles. The highest BCUT2D eigenvalue weighted by atomic mass is 32.2. The van der Waals surface area contributed by atoms with Crippen molar-refractivity contribution < 1.29 is 8.42 Å². The van der Waals surface area contributed by atoms with E-state index in [2.05, 4.69) is 25.1 Å². The Labute approximate surface area is 168 Å². The molecule has 0 fully saturated rings. The van der Waals surface area contributed by atoms with Crippen LogP contribution in [-0.4, -0.2) is 40.8 Å². The van der Waals surface area contributed by atoms with Crippen LogP contribution in [0.5, 0.6) is 0 Å². The monoisotopic (exact) mass is 408 g/mol. The van der Waals surface area contributed by atoms with Crippen molar-refractivity contribution in [1.29, 1.82) is 0 Å². The third-order valence-corrected chi connectivity index (χ3v) is 4.87. The molecule has 0 aliphatic carbocycles. The molecule has 4 rings (SSSR count). The number of sulfonamides is 1. The summed E-state index contributed by atoms with van der Waals surface area (Å²) in [6, 6.07) is 14.9. The molecule has 0 aliphatic heterocycles. The van der Waals surface area contributed by atoms with Gasteiger partial charge in [0.15, 0.2) is 5.65 Å². The first-order valence-electron chi connectivity index (χ1n) is 9.04. The third-order valence-electron chi connectivity index (χ3n) is 4.27. The summed E-state index contributed by atoms with van der Waals surface area (Å²) in [6.07, 6.45) is 7.29. The number of hydrogen-bond donors (Lipinski definition) is 2. The average Bonchev–Trinajstić information content (AvgIpc) is 3.11.